The van der Waals surface area contributed by atoms with E-state index in [-0.39, 0.29) is 28.7 Å². The molecule has 0 unspecified atom stereocenters. The van der Waals surface area contributed by atoms with E-state index >= 15 is 0 Å². The van der Waals surface area contributed by atoms with Gasteiger partial charge >= 0.3 is 0 Å². The van der Waals surface area contributed by atoms with Crippen LogP contribution in [0.15, 0.2) is 47.5 Å². The zero-order chi connectivity index (χ0) is 20.1. The zero-order valence-corrected chi connectivity index (χ0v) is 16.8. The van der Waals surface area contributed by atoms with Gasteiger partial charge in [0.1, 0.15) is 10.6 Å². The second kappa shape index (κ2) is 8.68. The van der Waals surface area contributed by atoms with Crippen LogP contribution < -0.4 is 10.1 Å². The number of hydrogen-bond donors (Lipinski definition) is 1. The summed E-state index contributed by atoms with van der Waals surface area (Å²) in [5.74, 6) is -0.150. The Morgan fingerprint density at radius 1 is 1.18 bits per heavy atom. The van der Waals surface area contributed by atoms with Gasteiger partial charge in [0.05, 0.1) is 19.3 Å². The van der Waals surface area contributed by atoms with Crippen LogP contribution in [0.5, 0.6) is 5.75 Å². The van der Waals surface area contributed by atoms with Crippen molar-refractivity contribution in [3.63, 3.8) is 0 Å². The van der Waals surface area contributed by atoms with E-state index < -0.39 is 10.0 Å². The number of pyridine rings is 1. The van der Waals surface area contributed by atoms with Crippen LogP contribution in [0.25, 0.3) is 0 Å². The summed E-state index contributed by atoms with van der Waals surface area (Å²) in [5, 5.41) is 2.76. The van der Waals surface area contributed by atoms with Gasteiger partial charge in [-0.05, 0) is 37.4 Å². The smallest absolute Gasteiger partial charge is 0.251 e. The van der Waals surface area contributed by atoms with E-state index in [1.165, 1.54) is 23.5 Å². The Kier molecular flexibility index (Phi) is 6.28. The highest BCUT2D eigenvalue weighted by Crippen LogP contribution is 2.28. The molecule has 2 aromatic rings. The van der Waals surface area contributed by atoms with E-state index in [2.05, 4.69) is 15.2 Å². The van der Waals surface area contributed by atoms with Crippen molar-refractivity contribution in [2.24, 2.45) is 0 Å². The minimum atomic E-state index is -3.76. The molecule has 0 atom stereocenters. The lowest BCUT2D eigenvalue weighted by molar-refractivity contribution is 0.0950. The van der Waals surface area contributed by atoms with Crippen LogP contribution >= 0.6 is 0 Å². The number of nitrogens with one attached hydrogen (secondary N) is 1. The fourth-order valence-electron chi connectivity index (χ4n) is 2.96. The normalized spacial score (nSPS) is 15.9. The molecule has 0 radical (unpaired) electrons. The minimum Gasteiger partial charge on any atom is -0.495 e. The van der Waals surface area contributed by atoms with Gasteiger partial charge in [-0.15, -0.1) is 0 Å². The van der Waals surface area contributed by atoms with Crippen molar-refractivity contribution in [3.05, 3.63) is 53.9 Å². The van der Waals surface area contributed by atoms with Crippen LogP contribution in [0.1, 0.15) is 16.1 Å². The number of benzene rings is 1. The lowest BCUT2D eigenvalue weighted by atomic mass is 10.2. The van der Waals surface area contributed by atoms with Gasteiger partial charge in [-0.3, -0.25) is 9.78 Å². The summed E-state index contributed by atoms with van der Waals surface area (Å²) >= 11 is 0. The van der Waals surface area contributed by atoms with E-state index in [4.69, 9.17) is 4.74 Å². The molecule has 1 aromatic heterocycles. The van der Waals surface area contributed by atoms with Crippen molar-refractivity contribution < 1.29 is 17.9 Å². The van der Waals surface area contributed by atoms with Gasteiger partial charge in [-0.1, -0.05) is 6.07 Å². The Labute approximate surface area is 165 Å². The van der Waals surface area contributed by atoms with Crippen LogP contribution in [-0.4, -0.2) is 68.9 Å². The molecule has 9 heteroatoms. The average Bonchev–Trinajstić information content (AvgIpc) is 2.72. The van der Waals surface area contributed by atoms with Crippen LogP contribution in [-0.2, 0) is 16.6 Å². The van der Waals surface area contributed by atoms with Crippen molar-refractivity contribution in [3.8, 4) is 5.75 Å². The first kappa shape index (κ1) is 20.2. The molecule has 1 fully saturated rings. The molecular weight excluding hydrogens is 380 g/mol. The molecule has 0 aliphatic carbocycles. The van der Waals surface area contributed by atoms with E-state index in [9.17, 15) is 13.2 Å². The van der Waals surface area contributed by atoms with Crippen molar-refractivity contribution >= 4 is 15.9 Å². The summed E-state index contributed by atoms with van der Waals surface area (Å²) in [6, 6.07) is 9.87. The molecule has 0 bridgehead atoms. The maximum absolute atomic E-state index is 13.1. The SMILES string of the molecule is COc1ccc(C(=O)NCc2ccccn2)cc1S(=O)(=O)N1CCN(C)CC1. The lowest BCUT2D eigenvalue weighted by Gasteiger charge is -2.31. The molecule has 150 valence electrons. The molecule has 28 heavy (non-hydrogen) atoms. The van der Waals surface area contributed by atoms with E-state index in [0.717, 1.165) is 5.69 Å². The van der Waals surface area contributed by atoms with Crippen LogP contribution in [0.3, 0.4) is 0 Å². The van der Waals surface area contributed by atoms with Crippen molar-refractivity contribution in [1.82, 2.24) is 19.5 Å². The van der Waals surface area contributed by atoms with Crippen molar-refractivity contribution in [2.75, 3.05) is 40.3 Å². The zero-order valence-electron chi connectivity index (χ0n) is 16.0. The predicted molar refractivity (Wildman–Crippen MR) is 105 cm³/mol. The second-order valence-corrected chi connectivity index (χ2v) is 8.48. The van der Waals surface area contributed by atoms with Gasteiger partial charge < -0.3 is 15.0 Å². The highest BCUT2D eigenvalue weighted by molar-refractivity contribution is 7.89. The standard InChI is InChI=1S/C19H24N4O4S/c1-22-9-11-23(12-10-22)28(25,26)18-13-15(6-7-17(18)27-2)19(24)21-14-16-5-3-4-8-20-16/h3-8,13H,9-12,14H2,1-2H3,(H,21,24). The fraction of sp³-hybridized carbons (Fsp3) is 0.368. The van der Waals surface area contributed by atoms with Crippen molar-refractivity contribution in [2.45, 2.75) is 11.4 Å². The van der Waals surface area contributed by atoms with Gasteiger partial charge in [0.15, 0.2) is 0 Å². The average molecular weight is 404 g/mol. The molecule has 2 heterocycles. The molecule has 1 saturated heterocycles. The number of rotatable bonds is 6. The molecule has 3 rings (SSSR count). The van der Waals surface area contributed by atoms with E-state index in [1.54, 1.807) is 24.4 Å². The molecule has 1 aliphatic heterocycles. The number of carbonyl (C=O) groups is 1. The molecule has 8 nitrogen and oxygen atoms in total. The summed E-state index contributed by atoms with van der Waals surface area (Å²) in [7, 11) is -0.391. The maximum Gasteiger partial charge on any atom is 0.251 e. The number of piperazine rings is 1. The summed E-state index contributed by atoms with van der Waals surface area (Å²) < 4.78 is 32.9. The van der Waals surface area contributed by atoms with E-state index in [1.807, 2.05) is 13.1 Å². The summed E-state index contributed by atoms with van der Waals surface area (Å²) in [5.41, 5.74) is 0.971. The van der Waals surface area contributed by atoms with Crippen LogP contribution in [0.4, 0.5) is 0 Å². The maximum atomic E-state index is 13.1. The second-order valence-electron chi connectivity index (χ2n) is 6.58. The summed E-state index contributed by atoms with van der Waals surface area (Å²) in [6.45, 7) is 2.38. The van der Waals surface area contributed by atoms with Gasteiger partial charge in [-0.25, -0.2) is 8.42 Å². The Morgan fingerprint density at radius 2 is 1.93 bits per heavy atom. The summed E-state index contributed by atoms with van der Waals surface area (Å²) in [4.78, 5) is 18.8. The summed E-state index contributed by atoms with van der Waals surface area (Å²) in [6.07, 6.45) is 1.65. The lowest BCUT2D eigenvalue weighted by Crippen LogP contribution is -2.47. The third kappa shape index (κ3) is 4.49. The van der Waals surface area contributed by atoms with Gasteiger partial charge in [0.25, 0.3) is 5.91 Å². The number of sulfonamides is 1. The van der Waals surface area contributed by atoms with Gasteiger partial charge in [0.2, 0.25) is 10.0 Å². The molecule has 0 spiro atoms. The molecule has 1 amide bonds. The topological polar surface area (TPSA) is 91.8 Å². The Hall–Kier alpha value is -2.49. The van der Waals surface area contributed by atoms with Gasteiger partial charge in [-0.2, -0.15) is 4.31 Å². The first-order valence-corrected chi connectivity index (χ1v) is 10.4. The molecule has 1 aliphatic rings. The van der Waals surface area contributed by atoms with Crippen molar-refractivity contribution in [1.29, 1.82) is 0 Å². The number of ether oxygens (including phenoxy) is 1. The Morgan fingerprint density at radius 3 is 2.57 bits per heavy atom. The quantitative estimate of drug-likeness (QED) is 0.771. The van der Waals surface area contributed by atoms with E-state index in [0.29, 0.717) is 26.2 Å². The number of amides is 1. The first-order chi connectivity index (χ1) is 13.4. The number of aromatic nitrogens is 1. The third-order valence-electron chi connectivity index (χ3n) is 4.66. The molecule has 1 N–H and O–H groups in total. The number of nitrogens with zero attached hydrogens (tertiary/aromatic N) is 3. The first-order valence-electron chi connectivity index (χ1n) is 8.96. The third-order valence-corrected chi connectivity index (χ3v) is 6.58. The monoisotopic (exact) mass is 404 g/mol. The Balaban J connectivity index is 1.82. The minimum absolute atomic E-state index is 0.00467. The number of methoxy groups -OCH3 is 1. The highest BCUT2D eigenvalue weighted by Gasteiger charge is 2.30. The Bertz CT molecular complexity index is 926. The molecular formula is C19H24N4O4S. The number of hydrogen-bond acceptors (Lipinski definition) is 6. The largest absolute Gasteiger partial charge is 0.495 e. The van der Waals surface area contributed by atoms with Gasteiger partial charge in [0, 0.05) is 37.9 Å². The van der Waals surface area contributed by atoms with Crippen LogP contribution in [0.2, 0.25) is 0 Å². The fourth-order valence-corrected chi connectivity index (χ4v) is 4.57. The number of likely N-dealkylation sites (N-methyl/N-ethyl adjacent to an activating group) is 1. The molecule has 1 aromatic carbocycles. The highest BCUT2D eigenvalue weighted by atomic mass is 32.2. The molecule has 0 saturated carbocycles. The number of carbonyl (C=O) groups excluding carboxylic acids is 1. The predicted octanol–water partition coefficient (Wildman–Crippen LogP) is 0.956. The van der Waals surface area contributed by atoms with Crippen LogP contribution in [0, 0.1) is 0 Å².